The van der Waals surface area contributed by atoms with Gasteiger partial charge in [0.2, 0.25) is 11.8 Å². The monoisotopic (exact) mass is 1180 g/mol. The topological polar surface area (TPSA) is 197 Å². The van der Waals surface area contributed by atoms with Gasteiger partial charge in [-0.1, -0.05) is 24.3 Å². The van der Waals surface area contributed by atoms with Crippen LogP contribution in [0.1, 0.15) is 80.7 Å². The van der Waals surface area contributed by atoms with Crippen LogP contribution in [0.2, 0.25) is 0 Å². The second-order valence-corrected chi connectivity index (χ2v) is 24.0. The Labute approximate surface area is 510 Å². The molecule has 3 fully saturated rings. The van der Waals surface area contributed by atoms with Gasteiger partial charge in [0.15, 0.2) is 0 Å². The van der Waals surface area contributed by atoms with E-state index in [2.05, 4.69) is 90.1 Å². The van der Waals surface area contributed by atoms with Crippen LogP contribution in [0.3, 0.4) is 0 Å². The minimum Gasteiger partial charge on any atom is -0.497 e. The lowest BCUT2D eigenvalue weighted by atomic mass is 9.89. The second kappa shape index (κ2) is 27.7. The Morgan fingerprint density at radius 1 is 0.586 bits per heavy atom. The van der Waals surface area contributed by atoms with E-state index in [9.17, 15) is 4.79 Å². The number of nitrogens with one attached hydrogen (secondary N) is 5. The van der Waals surface area contributed by atoms with Crippen molar-refractivity contribution in [3.05, 3.63) is 156 Å². The summed E-state index contributed by atoms with van der Waals surface area (Å²) >= 11 is 0. The first-order valence-corrected chi connectivity index (χ1v) is 30.4. The molecular formula is C69H82N10O8. The van der Waals surface area contributed by atoms with E-state index >= 15 is 0 Å². The lowest BCUT2D eigenvalue weighted by Gasteiger charge is -2.33. The highest BCUT2D eigenvalue weighted by Gasteiger charge is 2.45. The summed E-state index contributed by atoms with van der Waals surface area (Å²) in [6, 6.07) is 35.1. The quantitative estimate of drug-likeness (QED) is 0.0362. The zero-order valence-electron chi connectivity index (χ0n) is 51.1. The number of fused-ring (bicyclic) bond motifs is 2. The van der Waals surface area contributed by atoms with Crippen LogP contribution < -0.4 is 55.0 Å². The smallest absolute Gasteiger partial charge is 0.410 e. The second-order valence-electron chi connectivity index (χ2n) is 24.0. The van der Waals surface area contributed by atoms with Gasteiger partial charge in [-0.15, -0.1) is 0 Å². The third kappa shape index (κ3) is 15.1. The van der Waals surface area contributed by atoms with Gasteiger partial charge >= 0.3 is 6.09 Å². The number of carbonyl (C=O) groups is 1. The summed E-state index contributed by atoms with van der Waals surface area (Å²) in [4.78, 5) is 33.0. The highest BCUT2D eigenvalue weighted by molar-refractivity contribution is 6.01. The summed E-state index contributed by atoms with van der Waals surface area (Å²) < 4.78 is 41.5. The molecule has 0 bridgehead atoms. The van der Waals surface area contributed by atoms with E-state index < -0.39 is 5.60 Å². The Morgan fingerprint density at radius 2 is 1.18 bits per heavy atom. The van der Waals surface area contributed by atoms with Crippen molar-refractivity contribution in [2.24, 2.45) is 23.7 Å². The molecule has 11 rings (SSSR count). The molecule has 0 radical (unpaired) electrons. The first kappa shape index (κ1) is 59.9. The number of benzene rings is 4. The highest BCUT2D eigenvalue weighted by Crippen LogP contribution is 2.49. The number of likely N-dealkylation sites (tertiary alicyclic amines) is 1. The number of rotatable bonds is 25. The van der Waals surface area contributed by atoms with Gasteiger partial charge < -0.3 is 64.6 Å². The molecule has 3 unspecified atom stereocenters. The van der Waals surface area contributed by atoms with Crippen molar-refractivity contribution in [1.29, 1.82) is 0 Å². The molecule has 4 aromatic heterocycles. The molecule has 8 aromatic rings. The third-order valence-electron chi connectivity index (χ3n) is 17.0. The van der Waals surface area contributed by atoms with E-state index in [1.165, 1.54) is 0 Å². The van der Waals surface area contributed by atoms with Crippen molar-refractivity contribution in [1.82, 2.24) is 30.2 Å². The van der Waals surface area contributed by atoms with Crippen LogP contribution in [-0.2, 0) is 37.3 Å². The summed E-state index contributed by atoms with van der Waals surface area (Å²) in [6.07, 6.45) is 12.9. The predicted octanol–water partition coefficient (Wildman–Crippen LogP) is 12.7. The lowest BCUT2D eigenvalue weighted by molar-refractivity contribution is 0.0164. The average Bonchev–Trinajstić information content (AvgIpc) is 2.63. The zero-order valence-corrected chi connectivity index (χ0v) is 51.1. The summed E-state index contributed by atoms with van der Waals surface area (Å²) in [5, 5.41) is 22.5. The standard InChI is InChI=1S/C69H82N10O8/c1-69(2,3)87-68(80)79-30-23-44(24-31-79)42-85-63-33-45(18-26-71-63)38-75-59-13-9-11-55-53(59)22-29-74-67(55)78-41-49-15-17-61(82-5)57(65(49)84-7)36-50-35-56(50)60-32-47(20-25-70-60)43-86-64-34-46(19-27-72-64)39-76-58-12-8-10-54-52(58)21-28-73-66(54)77-40-48-14-16-51(81-4)37-62(48)83-6/h8-19,21-22,26-29,33-34,37,44,47,50,56,60,70,75-76H,20,23-25,30-32,35-36,38-43H2,1-7H3,(H,73,77)(H,74,78)/t47?,50?,56-,60?/m0/s1. The number of amides is 1. The van der Waals surface area contributed by atoms with Crippen LogP contribution in [0.4, 0.5) is 27.8 Å². The number of methoxy groups -OCH3 is 4. The molecule has 1 saturated carbocycles. The average molecular weight is 1180 g/mol. The van der Waals surface area contributed by atoms with Crippen LogP contribution >= 0.6 is 0 Å². The molecule has 4 aromatic carbocycles. The molecule has 1 aliphatic carbocycles. The number of pyridine rings is 4. The molecule has 3 aliphatic rings. The van der Waals surface area contributed by atoms with Crippen LogP contribution in [0.15, 0.2) is 128 Å². The summed E-state index contributed by atoms with van der Waals surface area (Å²) in [5.41, 5.74) is 6.80. The number of anilines is 4. The van der Waals surface area contributed by atoms with Crippen molar-refractivity contribution < 1.29 is 38.0 Å². The summed E-state index contributed by atoms with van der Waals surface area (Å²) in [7, 11) is 6.81. The number of piperidine rings is 2. The maximum absolute atomic E-state index is 12.5. The number of aromatic nitrogens is 4. The van der Waals surface area contributed by atoms with Crippen LogP contribution in [-0.4, -0.2) is 104 Å². The molecule has 6 heterocycles. The van der Waals surface area contributed by atoms with E-state index in [1.807, 2.05) is 94.0 Å². The third-order valence-corrected chi connectivity index (χ3v) is 17.0. The Hall–Kier alpha value is -8.77. The number of nitrogens with zero attached hydrogens (tertiary/aromatic N) is 5. The minimum absolute atomic E-state index is 0.250. The van der Waals surface area contributed by atoms with E-state index in [0.717, 1.165) is 140 Å². The van der Waals surface area contributed by atoms with Crippen molar-refractivity contribution in [2.45, 2.75) is 97.1 Å². The fourth-order valence-corrected chi connectivity index (χ4v) is 12.3. The SMILES string of the molecule is COc1ccc(CNc2nccc3c(NCc4ccnc(OCC5CCNC([C@H]6CC6Cc6c(OC)ccc(CNc7nccc8c(NCc9ccnc(OCC%10CCN(C(=O)OC(C)(C)C)CC%10)c9)cccc78)c6OC)C5)c4)cccc23)c(OC)c1. The maximum atomic E-state index is 12.5. The van der Waals surface area contributed by atoms with Gasteiger partial charge in [0.05, 0.1) is 41.7 Å². The number of carbonyl (C=O) groups excluding carboxylic acids is 1. The molecule has 2 aliphatic heterocycles. The van der Waals surface area contributed by atoms with E-state index in [-0.39, 0.29) is 6.09 Å². The molecule has 2 saturated heterocycles. The Balaban J connectivity index is 0.653. The molecule has 87 heavy (non-hydrogen) atoms. The normalized spacial score (nSPS) is 17.7. The van der Waals surface area contributed by atoms with Crippen LogP contribution in [0.5, 0.6) is 34.8 Å². The molecule has 4 atom stereocenters. The highest BCUT2D eigenvalue weighted by atomic mass is 16.6. The van der Waals surface area contributed by atoms with Crippen LogP contribution in [0, 0.1) is 23.7 Å². The van der Waals surface area contributed by atoms with E-state index in [0.29, 0.717) is 94.0 Å². The fourth-order valence-electron chi connectivity index (χ4n) is 12.3. The van der Waals surface area contributed by atoms with Gasteiger partial charge in [0.25, 0.3) is 0 Å². The molecule has 0 spiro atoms. The molecule has 456 valence electrons. The number of hydrogen-bond acceptors (Lipinski definition) is 17. The molecule has 1 amide bonds. The Morgan fingerprint density at radius 3 is 1.78 bits per heavy atom. The van der Waals surface area contributed by atoms with Gasteiger partial charge in [-0.05, 0) is 161 Å². The Kier molecular flexibility index (Phi) is 19.1. The number of hydrogen-bond donors (Lipinski definition) is 5. The van der Waals surface area contributed by atoms with E-state index in [1.54, 1.807) is 39.5 Å². The zero-order chi connectivity index (χ0) is 60.3. The summed E-state index contributed by atoms with van der Waals surface area (Å²) in [6.45, 7) is 11.4. The Bertz CT molecular complexity index is 3650. The van der Waals surface area contributed by atoms with Crippen molar-refractivity contribution >= 4 is 50.6 Å². The maximum Gasteiger partial charge on any atom is 0.410 e. The van der Waals surface area contributed by atoms with E-state index in [4.69, 9.17) is 38.1 Å². The largest absolute Gasteiger partial charge is 0.497 e. The molecular weight excluding hydrogens is 1100 g/mol. The lowest BCUT2D eigenvalue weighted by Crippen LogP contribution is -2.42. The number of ether oxygens (including phenoxy) is 7. The molecule has 5 N–H and O–H groups in total. The van der Waals surface area contributed by atoms with Gasteiger partial charge in [-0.25, -0.2) is 24.7 Å². The van der Waals surface area contributed by atoms with Gasteiger partial charge in [0.1, 0.15) is 40.2 Å². The van der Waals surface area contributed by atoms with Gasteiger partial charge in [0, 0.05) is 138 Å². The van der Waals surface area contributed by atoms with Crippen molar-refractivity contribution in [3.63, 3.8) is 0 Å². The first-order valence-electron chi connectivity index (χ1n) is 30.4. The first-order chi connectivity index (χ1) is 42.4. The summed E-state index contributed by atoms with van der Waals surface area (Å²) in [5.74, 6) is 7.84. The van der Waals surface area contributed by atoms with Gasteiger partial charge in [-0.3, -0.25) is 0 Å². The molecule has 18 nitrogen and oxygen atoms in total. The van der Waals surface area contributed by atoms with Gasteiger partial charge in [-0.2, -0.15) is 0 Å². The fraction of sp³-hybridized carbons (Fsp3) is 0.406. The minimum atomic E-state index is -0.506. The van der Waals surface area contributed by atoms with Crippen LogP contribution in [0.25, 0.3) is 21.5 Å². The van der Waals surface area contributed by atoms with Crippen molar-refractivity contribution in [2.75, 3.05) is 82.6 Å². The molecule has 18 heteroatoms. The predicted molar refractivity (Wildman–Crippen MR) is 342 cm³/mol. The van der Waals surface area contributed by atoms with Crippen molar-refractivity contribution in [3.8, 4) is 34.8 Å².